The molecule has 0 radical (unpaired) electrons. The van der Waals surface area contributed by atoms with Crippen molar-refractivity contribution >= 4 is 0 Å². The maximum Gasteiger partial charge on any atom is 0.419 e. The average molecular weight is 244 g/mol. The number of benzene rings is 1. The van der Waals surface area contributed by atoms with Gasteiger partial charge in [0.05, 0.1) is 11.7 Å². The lowest BCUT2D eigenvalue weighted by Crippen LogP contribution is -2.10. The molecule has 0 bridgehead atoms. The van der Waals surface area contributed by atoms with Gasteiger partial charge in [-0.05, 0) is 36.5 Å². The first-order valence-electron chi connectivity index (χ1n) is 5.75. The molecule has 17 heavy (non-hydrogen) atoms. The van der Waals surface area contributed by atoms with Gasteiger partial charge in [0.25, 0.3) is 0 Å². The summed E-state index contributed by atoms with van der Waals surface area (Å²) in [6.07, 6.45) is -2.68. The van der Waals surface area contributed by atoms with Gasteiger partial charge < -0.3 is 4.74 Å². The minimum Gasteiger partial charge on any atom is -0.490 e. The van der Waals surface area contributed by atoms with Crippen LogP contribution in [0.25, 0.3) is 0 Å². The molecular formula is C13H15F3O. The molecule has 0 N–H and O–H groups in total. The molecular weight excluding hydrogens is 229 g/mol. The van der Waals surface area contributed by atoms with Gasteiger partial charge in [0.15, 0.2) is 0 Å². The number of hydrogen-bond donors (Lipinski definition) is 0. The molecule has 1 saturated carbocycles. The molecule has 94 valence electrons. The number of alkyl halides is 3. The van der Waals surface area contributed by atoms with Gasteiger partial charge in [-0.2, -0.15) is 13.2 Å². The molecule has 0 spiro atoms. The highest BCUT2D eigenvalue weighted by atomic mass is 19.4. The summed E-state index contributed by atoms with van der Waals surface area (Å²) in [5, 5.41) is 0. The van der Waals surface area contributed by atoms with Gasteiger partial charge in [0, 0.05) is 0 Å². The van der Waals surface area contributed by atoms with Crippen molar-refractivity contribution in [2.24, 2.45) is 0 Å². The van der Waals surface area contributed by atoms with E-state index in [2.05, 4.69) is 0 Å². The summed E-state index contributed by atoms with van der Waals surface area (Å²) >= 11 is 0. The maximum absolute atomic E-state index is 12.9. The Labute approximate surface area is 98.6 Å². The highest BCUT2D eigenvalue weighted by Gasteiger charge is 2.36. The van der Waals surface area contributed by atoms with Gasteiger partial charge in [-0.15, -0.1) is 0 Å². The highest BCUT2D eigenvalue weighted by Crippen LogP contribution is 2.40. The van der Waals surface area contributed by atoms with Gasteiger partial charge in [0.1, 0.15) is 5.75 Å². The van der Waals surface area contributed by atoms with Gasteiger partial charge in [0.2, 0.25) is 0 Å². The van der Waals surface area contributed by atoms with Crippen LogP contribution in [0.15, 0.2) is 18.2 Å². The summed E-state index contributed by atoms with van der Waals surface area (Å²) in [7, 11) is 0. The number of ether oxygens (including phenoxy) is 1. The third-order valence-electron chi connectivity index (χ3n) is 2.79. The van der Waals surface area contributed by atoms with Gasteiger partial charge in [-0.25, -0.2) is 0 Å². The number of hydrogen-bond acceptors (Lipinski definition) is 1. The summed E-state index contributed by atoms with van der Waals surface area (Å²) in [6, 6.07) is 4.34. The molecule has 0 heterocycles. The first-order chi connectivity index (χ1) is 7.88. The van der Waals surface area contributed by atoms with Crippen molar-refractivity contribution in [2.45, 2.75) is 44.9 Å². The van der Waals surface area contributed by atoms with Crippen LogP contribution in [0, 0.1) is 0 Å². The maximum atomic E-state index is 12.9. The molecule has 1 aliphatic carbocycles. The van der Waals surface area contributed by atoms with Gasteiger partial charge in [-0.1, -0.05) is 19.9 Å². The van der Waals surface area contributed by atoms with E-state index in [1.54, 1.807) is 6.07 Å². The Morgan fingerprint density at radius 2 is 1.88 bits per heavy atom. The van der Waals surface area contributed by atoms with E-state index in [1.807, 2.05) is 13.8 Å². The van der Waals surface area contributed by atoms with Gasteiger partial charge >= 0.3 is 6.18 Å². The Hall–Kier alpha value is -1.19. The molecule has 2 rings (SSSR count). The molecule has 0 aliphatic heterocycles. The standard InChI is InChI=1S/C13H15F3O/c1-8(2)9-3-6-12(17-10-4-5-10)11(7-9)13(14,15)16/h3,6-8,10H,4-5H2,1-2H3. The van der Waals surface area contributed by atoms with Crippen LogP contribution in [0.2, 0.25) is 0 Å². The molecule has 0 saturated heterocycles. The third-order valence-corrected chi connectivity index (χ3v) is 2.79. The van der Waals surface area contributed by atoms with Crippen LogP contribution < -0.4 is 4.74 Å². The largest absolute Gasteiger partial charge is 0.490 e. The normalized spacial score (nSPS) is 16.4. The second-order valence-electron chi connectivity index (χ2n) is 4.73. The van der Waals surface area contributed by atoms with Gasteiger partial charge in [-0.3, -0.25) is 0 Å². The topological polar surface area (TPSA) is 9.23 Å². The fourth-order valence-corrected chi connectivity index (χ4v) is 1.60. The van der Waals surface area contributed by atoms with E-state index in [9.17, 15) is 13.2 Å². The summed E-state index contributed by atoms with van der Waals surface area (Å²) in [6.45, 7) is 3.74. The van der Waals surface area contributed by atoms with E-state index in [0.29, 0.717) is 5.56 Å². The Morgan fingerprint density at radius 3 is 2.35 bits per heavy atom. The Balaban J connectivity index is 2.36. The first-order valence-corrected chi connectivity index (χ1v) is 5.75. The zero-order valence-corrected chi connectivity index (χ0v) is 9.84. The van der Waals surface area contributed by atoms with E-state index in [-0.39, 0.29) is 17.8 Å². The predicted molar refractivity (Wildman–Crippen MR) is 59.2 cm³/mol. The molecule has 0 amide bonds. The van der Waals surface area contributed by atoms with Crippen molar-refractivity contribution in [3.8, 4) is 5.75 Å². The van der Waals surface area contributed by atoms with Crippen molar-refractivity contribution in [3.05, 3.63) is 29.3 Å². The molecule has 1 aliphatic rings. The molecule has 1 fully saturated rings. The van der Waals surface area contributed by atoms with Crippen LogP contribution in [0.1, 0.15) is 43.7 Å². The predicted octanol–water partition coefficient (Wildman–Crippen LogP) is 4.37. The van der Waals surface area contributed by atoms with Crippen LogP contribution in [0.4, 0.5) is 13.2 Å². The summed E-state index contributed by atoms with van der Waals surface area (Å²) in [5.41, 5.74) is 0.0241. The highest BCUT2D eigenvalue weighted by molar-refractivity contribution is 5.40. The summed E-state index contributed by atoms with van der Waals surface area (Å²) in [5.74, 6) is 0.0375. The Morgan fingerprint density at radius 1 is 1.24 bits per heavy atom. The summed E-state index contributed by atoms with van der Waals surface area (Å²) < 4.78 is 43.9. The molecule has 1 aromatic rings. The zero-order valence-electron chi connectivity index (χ0n) is 9.84. The molecule has 0 aromatic heterocycles. The lowest BCUT2D eigenvalue weighted by molar-refractivity contribution is -0.139. The Bertz CT molecular complexity index is 406. The van der Waals surface area contributed by atoms with Crippen LogP contribution in [0.5, 0.6) is 5.75 Å². The lowest BCUT2D eigenvalue weighted by atomic mass is 10.00. The van der Waals surface area contributed by atoms with Crippen LogP contribution in [-0.4, -0.2) is 6.10 Å². The molecule has 1 aromatic carbocycles. The Kier molecular flexibility index (Phi) is 3.06. The van der Waals surface area contributed by atoms with Crippen LogP contribution in [-0.2, 0) is 6.18 Å². The van der Waals surface area contributed by atoms with E-state index >= 15 is 0 Å². The monoisotopic (exact) mass is 244 g/mol. The van der Waals surface area contributed by atoms with Crippen molar-refractivity contribution in [2.75, 3.05) is 0 Å². The van der Waals surface area contributed by atoms with Crippen molar-refractivity contribution in [3.63, 3.8) is 0 Å². The summed E-state index contributed by atoms with van der Waals surface area (Å²) in [4.78, 5) is 0. The fourth-order valence-electron chi connectivity index (χ4n) is 1.60. The van der Waals surface area contributed by atoms with Crippen molar-refractivity contribution in [1.29, 1.82) is 0 Å². The minimum absolute atomic E-state index is 0.0269. The van der Waals surface area contributed by atoms with Crippen molar-refractivity contribution in [1.82, 2.24) is 0 Å². The molecule has 1 nitrogen and oxygen atoms in total. The SMILES string of the molecule is CC(C)c1ccc(OC2CC2)c(C(F)(F)F)c1. The van der Waals surface area contributed by atoms with Crippen LogP contribution in [0.3, 0.4) is 0 Å². The second-order valence-corrected chi connectivity index (χ2v) is 4.73. The van der Waals surface area contributed by atoms with E-state index < -0.39 is 11.7 Å². The van der Waals surface area contributed by atoms with E-state index in [1.165, 1.54) is 12.1 Å². The number of halogens is 3. The first kappa shape index (κ1) is 12.3. The van der Waals surface area contributed by atoms with Crippen molar-refractivity contribution < 1.29 is 17.9 Å². The number of rotatable bonds is 3. The average Bonchev–Trinajstić information content (AvgIpc) is 3.00. The third kappa shape index (κ3) is 2.93. The minimum atomic E-state index is -4.35. The molecule has 4 heteroatoms. The van der Waals surface area contributed by atoms with E-state index in [0.717, 1.165) is 12.8 Å². The second kappa shape index (κ2) is 4.24. The fraction of sp³-hybridized carbons (Fsp3) is 0.538. The smallest absolute Gasteiger partial charge is 0.419 e. The van der Waals surface area contributed by atoms with E-state index in [4.69, 9.17) is 4.74 Å². The molecule has 0 atom stereocenters. The lowest BCUT2D eigenvalue weighted by Gasteiger charge is -2.16. The zero-order chi connectivity index (χ0) is 12.6. The molecule has 0 unspecified atom stereocenters. The van der Waals surface area contributed by atoms with Crippen LogP contribution >= 0.6 is 0 Å². The quantitative estimate of drug-likeness (QED) is 0.767.